The highest BCUT2D eigenvalue weighted by atomic mass is 16.5. The summed E-state index contributed by atoms with van der Waals surface area (Å²) in [6, 6.07) is 13.5. The molecule has 0 spiro atoms. The van der Waals surface area contributed by atoms with Gasteiger partial charge in [0, 0.05) is 5.69 Å². The Labute approximate surface area is 161 Å². The van der Waals surface area contributed by atoms with Crippen LogP contribution in [0.2, 0.25) is 0 Å². The molecule has 1 atom stereocenters. The molecule has 0 heterocycles. The lowest BCUT2D eigenvalue weighted by Crippen LogP contribution is -2.32. The van der Waals surface area contributed by atoms with Crippen LogP contribution >= 0.6 is 0 Å². The normalized spacial score (nSPS) is 15.4. The van der Waals surface area contributed by atoms with Gasteiger partial charge in [-0.2, -0.15) is 0 Å². The lowest BCUT2D eigenvalue weighted by molar-refractivity contribution is -0.122. The van der Waals surface area contributed by atoms with E-state index in [1.807, 2.05) is 56.3 Å². The topological polar surface area (TPSA) is 47.6 Å². The van der Waals surface area contributed by atoms with Crippen LogP contribution in [-0.2, 0) is 4.79 Å². The lowest BCUT2D eigenvalue weighted by atomic mass is 10.1. The van der Waals surface area contributed by atoms with Gasteiger partial charge in [-0.3, -0.25) is 4.79 Å². The SMILES string of the molecule is CCC(Oc1ccc(C)c(C)c1)C(=O)Nc1ccc(OC2CCCC2)cc1. The van der Waals surface area contributed by atoms with Crippen molar-refractivity contribution < 1.29 is 14.3 Å². The van der Waals surface area contributed by atoms with Crippen molar-refractivity contribution >= 4 is 11.6 Å². The third-order valence-corrected chi connectivity index (χ3v) is 5.15. The second-order valence-corrected chi connectivity index (χ2v) is 7.30. The highest BCUT2D eigenvalue weighted by Crippen LogP contribution is 2.25. The van der Waals surface area contributed by atoms with Crippen molar-refractivity contribution in [3.8, 4) is 11.5 Å². The number of benzene rings is 2. The number of rotatable bonds is 7. The number of hydrogen-bond acceptors (Lipinski definition) is 3. The number of carbonyl (C=O) groups excluding carboxylic acids is 1. The maximum atomic E-state index is 12.6. The van der Waals surface area contributed by atoms with Crippen molar-refractivity contribution in [1.29, 1.82) is 0 Å². The average Bonchev–Trinajstić information content (AvgIpc) is 3.17. The summed E-state index contributed by atoms with van der Waals surface area (Å²) in [7, 11) is 0. The van der Waals surface area contributed by atoms with Gasteiger partial charge in [-0.1, -0.05) is 13.0 Å². The first-order valence-electron chi connectivity index (χ1n) is 9.86. The standard InChI is InChI=1S/C23H29NO3/c1-4-22(27-21-12-9-16(2)17(3)15-21)23(25)24-18-10-13-20(14-11-18)26-19-7-5-6-8-19/h9-15,19,22H,4-8H2,1-3H3,(H,24,25). The molecule has 1 N–H and O–H groups in total. The maximum Gasteiger partial charge on any atom is 0.265 e. The summed E-state index contributed by atoms with van der Waals surface area (Å²) in [4.78, 5) is 12.6. The van der Waals surface area contributed by atoms with Crippen LogP contribution in [0.25, 0.3) is 0 Å². The van der Waals surface area contributed by atoms with E-state index in [0.29, 0.717) is 12.5 Å². The molecule has 0 bridgehead atoms. The molecule has 4 heteroatoms. The molecule has 1 amide bonds. The van der Waals surface area contributed by atoms with Crippen LogP contribution in [-0.4, -0.2) is 18.1 Å². The zero-order chi connectivity index (χ0) is 19.2. The molecule has 1 unspecified atom stereocenters. The molecule has 2 aromatic rings. The second-order valence-electron chi connectivity index (χ2n) is 7.30. The molecule has 0 aromatic heterocycles. The van der Waals surface area contributed by atoms with E-state index in [1.54, 1.807) is 0 Å². The van der Waals surface area contributed by atoms with Gasteiger partial charge in [0.1, 0.15) is 11.5 Å². The van der Waals surface area contributed by atoms with Gasteiger partial charge >= 0.3 is 0 Å². The molecule has 27 heavy (non-hydrogen) atoms. The predicted molar refractivity (Wildman–Crippen MR) is 109 cm³/mol. The zero-order valence-electron chi connectivity index (χ0n) is 16.5. The van der Waals surface area contributed by atoms with Gasteiger partial charge < -0.3 is 14.8 Å². The first kappa shape index (κ1) is 19.3. The Morgan fingerprint density at radius 1 is 1.04 bits per heavy atom. The van der Waals surface area contributed by atoms with E-state index in [1.165, 1.54) is 18.4 Å². The van der Waals surface area contributed by atoms with Crippen LogP contribution in [0.4, 0.5) is 5.69 Å². The monoisotopic (exact) mass is 367 g/mol. The Bertz CT molecular complexity index is 764. The molecule has 0 saturated heterocycles. The number of ether oxygens (including phenoxy) is 2. The molecule has 1 fully saturated rings. The average molecular weight is 367 g/mol. The molecule has 144 valence electrons. The van der Waals surface area contributed by atoms with Gasteiger partial charge in [0.2, 0.25) is 0 Å². The Balaban J connectivity index is 1.57. The van der Waals surface area contributed by atoms with Crippen LogP contribution < -0.4 is 14.8 Å². The Hall–Kier alpha value is -2.49. The summed E-state index contributed by atoms with van der Waals surface area (Å²) in [5, 5.41) is 2.94. The Morgan fingerprint density at radius 2 is 1.70 bits per heavy atom. The minimum absolute atomic E-state index is 0.139. The van der Waals surface area contributed by atoms with E-state index in [0.717, 1.165) is 35.6 Å². The van der Waals surface area contributed by atoms with Gasteiger partial charge in [-0.05, 0) is 93.5 Å². The summed E-state index contributed by atoms with van der Waals surface area (Å²) in [6.45, 7) is 6.05. The number of hydrogen-bond donors (Lipinski definition) is 1. The zero-order valence-corrected chi connectivity index (χ0v) is 16.5. The van der Waals surface area contributed by atoms with E-state index in [9.17, 15) is 4.79 Å². The molecule has 0 aliphatic heterocycles. The third-order valence-electron chi connectivity index (χ3n) is 5.15. The van der Waals surface area contributed by atoms with Crippen LogP contribution in [0.15, 0.2) is 42.5 Å². The summed E-state index contributed by atoms with van der Waals surface area (Å²) >= 11 is 0. The fourth-order valence-corrected chi connectivity index (χ4v) is 3.31. The lowest BCUT2D eigenvalue weighted by Gasteiger charge is -2.18. The van der Waals surface area contributed by atoms with Crippen molar-refractivity contribution in [1.82, 2.24) is 0 Å². The van der Waals surface area contributed by atoms with Crippen LogP contribution in [0.3, 0.4) is 0 Å². The molecule has 2 aromatic carbocycles. The first-order valence-corrected chi connectivity index (χ1v) is 9.86. The van der Waals surface area contributed by atoms with Crippen LogP contribution in [0.5, 0.6) is 11.5 Å². The molecular weight excluding hydrogens is 338 g/mol. The van der Waals surface area contributed by atoms with Crippen LogP contribution in [0, 0.1) is 13.8 Å². The quantitative estimate of drug-likeness (QED) is 0.711. The highest BCUT2D eigenvalue weighted by Gasteiger charge is 2.19. The van der Waals surface area contributed by atoms with Gasteiger partial charge in [0.25, 0.3) is 5.91 Å². The van der Waals surface area contributed by atoms with E-state index in [4.69, 9.17) is 9.47 Å². The van der Waals surface area contributed by atoms with Crippen LogP contribution in [0.1, 0.15) is 50.2 Å². The summed E-state index contributed by atoms with van der Waals surface area (Å²) in [5.74, 6) is 1.44. The third kappa shape index (κ3) is 5.25. The summed E-state index contributed by atoms with van der Waals surface area (Å²) in [6.07, 6.45) is 5.17. The maximum absolute atomic E-state index is 12.6. The number of anilines is 1. The van der Waals surface area contributed by atoms with Gasteiger partial charge in [0.05, 0.1) is 6.10 Å². The minimum Gasteiger partial charge on any atom is -0.490 e. The van der Waals surface area contributed by atoms with Gasteiger partial charge in [-0.25, -0.2) is 0 Å². The molecule has 3 rings (SSSR count). The molecule has 0 radical (unpaired) electrons. The smallest absolute Gasteiger partial charge is 0.265 e. The predicted octanol–water partition coefficient (Wildman–Crippen LogP) is 5.42. The highest BCUT2D eigenvalue weighted by molar-refractivity contribution is 5.94. The Morgan fingerprint density at radius 3 is 2.33 bits per heavy atom. The van der Waals surface area contributed by atoms with Gasteiger partial charge in [0.15, 0.2) is 6.10 Å². The number of carbonyl (C=O) groups is 1. The van der Waals surface area contributed by atoms with Crippen molar-refractivity contribution in [2.45, 2.75) is 65.1 Å². The van der Waals surface area contributed by atoms with Gasteiger partial charge in [-0.15, -0.1) is 0 Å². The Kier molecular flexibility index (Phi) is 6.38. The summed E-state index contributed by atoms with van der Waals surface area (Å²) in [5.41, 5.74) is 3.11. The minimum atomic E-state index is -0.526. The molecule has 1 aliphatic rings. The van der Waals surface area contributed by atoms with E-state index in [2.05, 4.69) is 12.2 Å². The molecule has 1 saturated carbocycles. The number of nitrogens with one attached hydrogen (secondary N) is 1. The molecule has 1 aliphatic carbocycles. The first-order chi connectivity index (χ1) is 13.0. The summed E-state index contributed by atoms with van der Waals surface area (Å²) < 4.78 is 11.9. The largest absolute Gasteiger partial charge is 0.490 e. The molecular formula is C23H29NO3. The van der Waals surface area contributed by atoms with Crippen molar-refractivity contribution in [3.05, 3.63) is 53.6 Å². The second kappa shape index (κ2) is 8.94. The van der Waals surface area contributed by atoms with E-state index in [-0.39, 0.29) is 5.91 Å². The van der Waals surface area contributed by atoms with Crippen molar-refractivity contribution in [2.24, 2.45) is 0 Å². The number of amides is 1. The number of aryl methyl sites for hydroxylation is 2. The van der Waals surface area contributed by atoms with E-state index >= 15 is 0 Å². The van der Waals surface area contributed by atoms with E-state index < -0.39 is 6.10 Å². The van der Waals surface area contributed by atoms with Crippen molar-refractivity contribution in [2.75, 3.05) is 5.32 Å². The fraction of sp³-hybridized carbons (Fsp3) is 0.435. The van der Waals surface area contributed by atoms with Crippen molar-refractivity contribution in [3.63, 3.8) is 0 Å². The molecule has 4 nitrogen and oxygen atoms in total. The fourth-order valence-electron chi connectivity index (χ4n) is 3.31.